The van der Waals surface area contributed by atoms with E-state index in [0.717, 1.165) is 30.9 Å². The lowest BCUT2D eigenvalue weighted by Gasteiger charge is -2.19. The van der Waals surface area contributed by atoms with Crippen molar-refractivity contribution in [3.05, 3.63) is 35.9 Å². The summed E-state index contributed by atoms with van der Waals surface area (Å²) in [6, 6.07) is 4.82. The van der Waals surface area contributed by atoms with Crippen molar-refractivity contribution in [1.82, 2.24) is 13.9 Å². The molecule has 1 atom stereocenters. The average Bonchev–Trinajstić information content (AvgIpc) is 3.33. The molecule has 1 aliphatic rings. The summed E-state index contributed by atoms with van der Waals surface area (Å²) in [5, 5.41) is 0. The number of imidazole rings is 1. The van der Waals surface area contributed by atoms with Gasteiger partial charge in [-0.15, -0.1) is 0 Å². The summed E-state index contributed by atoms with van der Waals surface area (Å²) >= 11 is 0. The van der Waals surface area contributed by atoms with Crippen LogP contribution in [0.4, 0.5) is 0 Å². The Morgan fingerprint density at radius 2 is 2.00 bits per heavy atom. The first-order chi connectivity index (χ1) is 13.9. The molecular formula is C20H29N3O5S. The van der Waals surface area contributed by atoms with E-state index in [1.807, 2.05) is 13.1 Å². The molecule has 29 heavy (non-hydrogen) atoms. The summed E-state index contributed by atoms with van der Waals surface area (Å²) in [6.45, 7) is 4.31. The van der Waals surface area contributed by atoms with E-state index in [1.165, 1.54) is 24.6 Å². The van der Waals surface area contributed by atoms with Gasteiger partial charge in [0.15, 0.2) is 0 Å². The fourth-order valence-electron chi connectivity index (χ4n) is 3.73. The molecule has 2 heterocycles. The van der Waals surface area contributed by atoms with Gasteiger partial charge in [-0.3, -0.25) is 0 Å². The van der Waals surface area contributed by atoms with E-state index in [-0.39, 0.29) is 10.8 Å². The monoisotopic (exact) mass is 423 g/mol. The fraction of sp³-hybridized carbons (Fsp3) is 0.550. The maximum absolute atomic E-state index is 13.2. The molecule has 1 unspecified atom stereocenters. The van der Waals surface area contributed by atoms with Gasteiger partial charge in [0.05, 0.1) is 20.8 Å². The summed E-state index contributed by atoms with van der Waals surface area (Å²) in [5.41, 5.74) is 1.08. The van der Waals surface area contributed by atoms with E-state index in [2.05, 4.69) is 9.55 Å². The van der Waals surface area contributed by atoms with E-state index in [0.29, 0.717) is 31.2 Å². The molecule has 3 rings (SSSR count). The van der Waals surface area contributed by atoms with E-state index < -0.39 is 10.0 Å². The summed E-state index contributed by atoms with van der Waals surface area (Å²) in [5.74, 6) is 1.99. The topological polar surface area (TPSA) is 82.9 Å². The quantitative estimate of drug-likeness (QED) is 0.614. The predicted octanol–water partition coefficient (Wildman–Crippen LogP) is 2.11. The number of aromatic nitrogens is 2. The van der Waals surface area contributed by atoms with Crippen LogP contribution in [0.25, 0.3) is 0 Å². The highest BCUT2D eigenvalue weighted by molar-refractivity contribution is 7.89. The lowest BCUT2D eigenvalue weighted by Crippen LogP contribution is -2.29. The molecule has 0 radical (unpaired) electrons. The number of methoxy groups -OCH3 is 3. The molecule has 8 nitrogen and oxygen atoms in total. The second-order valence-electron chi connectivity index (χ2n) is 7.20. The number of aryl methyl sites for hydroxylation is 1. The Bertz CT molecular complexity index is 942. The molecule has 9 heteroatoms. The maximum atomic E-state index is 13.2. The summed E-state index contributed by atoms with van der Waals surface area (Å²) < 4.78 is 45.8. The number of ether oxygens (including phenoxy) is 3. The first-order valence-electron chi connectivity index (χ1n) is 9.62. The minimum Gasteiger partial charge on any atom is -0.497 e. The van der Waals surface area contributed by atoms with Crippen LogP contribution in [0.2, 0.25) is 0 Å². The highest BCUT2D eigenvalue weighted by atomic mass is 32.2. The Hall–Kier alpha value is -2.10. The van der Waals surface area contributed by atoms with Crippen molar-refractivity contribution in [3.63, 3.8) is 0 Å². The highest BCUT2D eigenvalue weighted by Gasteiger charge is 2.35. The molecule has 1 fully saturated rings. The van der Waals surface area contributed by atoms with Crippen molar-refractivity contribution < 1.29 is 22.6 Å². The molecule has 0 amide bonds. The highest BCUT2D eigenvalue weighted by Crippen LogP contribution is 2.33. The van der Waals surface area contributed by atoms with E-state index in [1.54, 1.807) is 19.2 Å². The largest absolute Gasteiger partial charge is 0.497 e. The van der Waals surface area contributed by atoms with Gasteiger partial charge in [-0.1, -0.05) is 0 Å². The Balaban J connectivity index is 1.76. The van der Waals surface area contributed by atoms with E-state index >= 15 is 0 Å². The Morgan fingerprint density at radius 1 is 1.21 bits per heavy atom. The van der Waals surface area contributed by atoms with E-state index in [4.69, 9.17) is 14.2 Å². The predicted molar refractivity (Wildman–Crippen MR) is 109 cm³/mol. The SMILES string of the molecule is COCCn1c(C)cnc1CC1CCN(S(=O)(=O)c2cc(OC)ccc2OC)C1. The van der Waals surface area contributed by atoms with Gasteiger partial charge in [0.1, 0.15) is 22.2 Å². The molecular weight excluding hydrogens is 394 g/mol. The molecule has 1 aliphatic heterocycles. The first kappa shape index (κ1) is 21.6. The van der Waals surface area contributed by atoms with Gasteiger partial charge in [0, 0.05) is 51.1 Å². The molecule has 160 valence electrons. The number of nitrogens with zero attached hydrogens (tertiary/aromatic N) is 3. The molecule has 1 aromatic carbocycles. The third kappa shape index (κ3) is 4.57. The lowest BCUT2D eigenvalue weighted by molar-refractivity contribution is 0.185. The molecule has 0 saturated carbocycles. The minimum absolute atomic E-state index is 0.137. The van der Waals surface area contributed by atoms with Crippen molar-refractivity contribution in [2.45, 2.75) is 31.2 Å². The van der Waals surface area contributed by atoms with Crippen molar-refractivity contribution in [1.29, 1.82) is 0 Å². The van der Waals surface area contributed by atoms with Crippen molar-refractivity contribution in [2.24, 2.45) is 5.92 Å². The third-order valence-corrected chi connectivity index (χ3v) is 7.25. The minimum atomic E-state index is -3.68. The summed E-state index contributed by atoms with van der Waals surface area (Å²) in [7, 11) is 0.982. The second kappa shape index (κ2) is 9.15. The third-order valence-electron chi connectivity index (χ3n) is 5.37. The Labute approximate surface area is 172 Å². The van der Waals surface area contributed by atoms with Gasteiger partial charge in [0.25, 0.3) is 0 Å². The molecule has 0 spiro atoms. The zero-order valence-electron chi connectivity index (χ0n) is 17.4. The van der Waals surface area contributed by atoms with Crippen molar-refractivity contribution >= 4 is 10.0 Å². The maximum Gasteiger partial charge on any atom is 0.246 e. The average molecular weight is 424 g/mol. The standard InChI is InChI=1S/C20H29N3O5S/c1-15-13-21-20(23(15)9-10-26-2)11-16-7-8-22(14-16)29(24,25)19-12-17(27-3)5-6-18(19)28-4/h5-6,12-13,16H,7-11,14H2,1-4H3. The van der Waals surface area contributed by atoms with Gasteiger partial charge in [0.2, 0.25) is 10.0 Å². The molecule has 2 aromatic rings. The van der Waals surface area contributed by atoms with Crippen LogP contribution in [0.15, 0.2) is 29.3 Å². The fourth-order valence-corrected chi connectivity index (χ4v) is 5.43. The van der Waals surface area contributed by atoms with Gasteiger partial charge in [-0.25, -0.2) is 13.4 Å². The number of hydrogen-bond acceptors (Lipinski definition) is 6. The van der Waals surface area contributed by atoms with Crippen LogP contribution < -0.4 is 9.47 Å². The van der Waals surface area contributed by atoms with E-state index in [9.17, 15) is 8.42 Å². The van der Waals surface area contributed by atoms with Gasteiger partial charge >= 0.3 is 0 Å². The Kier molecular flexibility index (Phi) is 6.81. The second-order valence-corrected chi connectivity index (χ2v) is 9.11. The number of rotatable bonds is 9. The zero-order chi connectivity index (χ0) is 21.0. The molecule has 0 bridgehead atoms. The molecule has 1 aromatic heterocycles. The van der Waals surface area contributed by atoms with Crippen molar-refractivity contribution in [2.75, 3.05) is 41.0 Å². The normalized spacial score (nSPS) is 17.6. The van der Waals surface area contributed by atoms with Crippen LogP contribution in [0.1, 0.15) is 17.9 Å². The first-order valence-corrected chi connectivity index (χ1v) is 11.1. The number of sulfonamides is 1. The van der Waals surface area contributed by atoms with Gasteiger partial charge < -0.3 is 18.8 Å². The number of hydrogen-bond donors (Lipinski definition) is 0. The van der Waals surface area contributed by atoms with Crippen molar-refractivity contribution in [3.8, 4) is 11.5 Å². The van der Waals surface area contributed by atoms with Crippen LogP contribution in [0.5, 0.6) is 11.5 Å². The number of benzene rings is 1. The summed E-state index contributed by atoms with van der Waals surface area (Å²) in [4.78, 5) is 4.67. The summed E-state index contributed by atoms with van der Waals surface area (Å²) in [6.07, 6.45) is 3.39. The molecule has 0 N–H and O–H groups in total. The lowest BCUT2D eigenvalue weighted by atomic mass is 10.0. The molecule has 1 saturated heterocycles. The van der Waals surface area contributed by atoms with Crippen LogP contribution >= 0.6 is 0 Å². The Morgan fingerprint density at radius 3 is 2.69 bits per heavy atom. The smallest absolute Gasteiger partial charge is 0.246 e. The van der Waals surface area contributed by atoms with Crippen LogP contribution in [0.3, 0.4) is 0 Å². The van der Waals surface area contributed by atoms with Crippen LogP contribution in [-0.2, 0) is 27.7 Å². The van der Waals surface area contributed by atoms with Gasteiger partial charge in [-0.2, -0.15) is 4.31 Å². The molecule has 0 aliphatic carbocycles. The van der Waals surface area contributed by atoms with Crippen LogP contribution in [0, 0.1) is 12.8 Å². The zero-order valence-corrected chi connectivity index (χ0v) is 18.2. The van der Waals surface area contributed by atoms with Crippen LogP contribution in [-0.4, -0.2) is 63.3 Å². The van der Waals surface area contributed by atoms with Gasteiger partial charge in [-0.05, 0) is 31.4 Å².